The number of rotatable bonds is 1. The van der Waals surface area contributed by atoms with Crippen molar-refractivity contribution in [3.05, 3.63) is 35.4 Å². The number of nitrogens with zero attached hydrogens (tertiary/aromatic N) is 2. The fourth-order valence-corrected chi connectivity index (χ4v) is 1.89. The van der Waals surface area contributed by atoms with E-state index in [0.717, 1.165) is 11.1 Å². The van der Waals surface area contributed by atoms with Gasteiger partial charge in [-0.3, -0.25) is 0 Å². The van der Waals surface area contributed by atoms with Crippen LogP contribution in [0, 0.1) is 12.7 Å². The molecule has 0 saturated heterocycles. The molecule has 0 aliphatic heterocycles. The molecule has 14 heavy (non-hydrogen) atoms. The first-order valence-corrected chi connectivity index (χ1v) is 4.73. The average Bonchev–Trinajstić information content (AvgIpc) is 2.43. The van der Waals surface area contributed by atoms with Crippen molar-refractivity contribution in [2.24, 2.45) is 0 Å². The molecule has 74 valence electrons. The van der Waals surface area contributed by atoms with E-state index in [9.17, 15) is 4.39 Å². The van der Waals surface area contributed by atoms with Crippen LogP contribution in [0.4, 0.5) is 4.39 Å². The van der Waals surface area contributed by atoms with Gasteiger partial charge in [-0.05, 0) is 24.0 Å². The highest BCUT2D eigenvalue weighted by Crippen LogP contribution is 2.24. The third-order valence-corrected chi connectivity index (χ3v) is 2.42. The number of aromatic nitrogens is 2. The molecule has 2 aromatic heterocycles. The van der Waals surface area contributed by atoms with Crippen molar-refractivity contribution in [2.45, 2.75) is 26.7 Å². The molecule has 0 aromatic carbocycles. The zero-order chi connectivity index (χ0) is 10.3. The Bertz CT molecular complexity index is 471. The van der Waals surface area contributed by atoms with E-state index in [1.54, 1.807) is 10.7 Å². The third kappa shape index (κ3) is 1.29. The molecule has 2 rings (SSSR count). The smallest absolute Gasteiger partial charge is 0.143 e. The van der Waals surface area contributed by atoms with Gasteiger partial charge in [-0.25, -0.2) is 8.91 Å². The molecule has 2 aromatic rings. The molecular weight excluding hydrogens is 179 g/mol. The predicted octanol–water partition coefficient (Wildman–Crippen LogP) is 2.91. The van der Waals surface area contributed by atoms with Crippen molar-refractivity contribution in [2.75, 3.05) is 0 Å². The van der Waals surface area contributed by atoms with Gasteiger partial charge in [0.2, 0.25) is 0 Å². The molecule has 0 spiro atoms. The fraction of sp³-hybridized carbons (Fsp3) is 0.364. The van der Waals surface area contributed by atoms with Gasteiger partial charge in [0.1, 0.15) is 5.82 Å². The SMILES string of the molecule is Cc1cnn2cc(F)cc2c1C(C)C. The van der Waals surface area contributed by atoms with Crippen LogP contribution in [0.2, 0.25) is 0 Å². The van der Waals surface area contributed by atoms with E-state index in [-0.39, 0.29) is 5.82 Å². The van der Waals surface area contributed by atoms with Crippen LogP contribution in [0.15, 0.2) is 18.5 Å². The second-order valence-corrected chi connectivity index (χ2v) is 3.88. The summed E-state index contributed by atoms with van der Waals surface area (Å²) >= 11 is 0. The minimum absolute atomic E-state index is 0.231. The van der Waals surface area contributed by atoms with Crippen molar-refractivity contribution >= 4 is 5.52 Å². The Morgan fingerprint density at radius 2 is 2.14 bits per heavy atom. The summed E-state index contributed by atoms with van der Waals surface area (Å²) in [5, 5.41) is 4.12. The Morgan fingerprint density at radius 1 is 1.43 bits per heavy atom. The molecule has 0 N–H and O–H groups in total. The highest BCUT2D eigenvalue weighted by molar-refractivity contribution is 5.58. The number of fused-ring (bicyclic) bond motifs is 1. The second-order valence-electron chi connectivity index (χ2n) is 3.88. The Kier molecular flexibility index (Phi) is 2.02. The van der Waals surface area contributed by atoms with Crippen LogP contribution in [0.25, 0.3) is 5.52 Å². The standard InChI is InChI=1S/C11H13FN2/c1-7(2)11-8(3)5-13-14-6-9(12)4-10(11)14/h4-7H,1-3H3. The minimum Gasteiger partial charge on any atom is -0.238 e. The molecule has 0 atom stereocenters. The van der Waals surface area contributed by atoms with Crippen LogP contribution in [-0.2, 0) is 0 Å². The van der Waals surface area contributed by atoms with E-state index in [0.29, 0.717) is 5.92 Å². The van der Waals surface area contributed by atoms with Gasteiger partial charge in [0.05, 0.1) is 17.9 Å². The molecule has 0 fully saturated rings. The largest absolute Gasteiger partial charge is 0.238 e. The van der Waals surface area contributed by atoms with Crippen molar-refractivity contribution in [1.29, 1.82) is 0 Å². The van der Waals surface area contributed by atoms with Gasteiger partial charge in [-0.15, -0.1) is 0 Å². The Hall–Kier alpha value is -1.38. The molecule has 0 aliphatic carbocycles. The van der Waals surface area contributed by atoms with E-state index >= 15 is 0 Å². The highest BCUT2D eigenvalue weighted by atomic mass is 19.1. The van der Waals surface area contributed by atoms with Crippen molar-refractivity contribution in [1.82, 2.24) is 9.61 Å². The number of aryl methyl sites for hydroxylation is 1. The van der Waals surface area contributed by atoms with Gasteiger partial charge in [-0.1, -0.05) is 13.8 Å². The molecule has 0 radical (unpaired) electrons. The second kappa shape index (κ2) is 3.08. The van der Waals surface area contributed by atoms with Gasteiger partial charge in [-0.2, -0.15) is 5.10 Å². The molecule has 0 saturated carbocycles. The van der Waals surface area contributed by atoms with Gasteiger partial charge < -0.3 is 0 Å². The van der Waals surface area contributed by atoms with Crippen LogP contribution >= 0.6 is 0 Å². The summed E-state index contributed by atoms with van der Waals surface area (Å²) in [4.78, 5) is 0. The highest BCUT2D eigenvalue weighted by Gasteiger charge is 2.11. The molecule has 0 amide bonds. The Balaban J connectivity index is 2.82. The van der Waals surface area contributed by atoms with Crippen LogP contribution in [0.3, 0.4) is 0 Å². The fourth-order valence-electron chi connectivity index (χ4n) is 1.89. The number of halogens is 1. The van der Waals surface area contributed by atoms with E-state index in [1.807, 2.05) is 6.92 Å². The summed E-state index contributed by atoms with van der Waals surface area (Å²) < 4.78 is 14.6. The van der Waals surface area contributed by atoms with E-state index in [1.165, 1.54) is 17.8 Å². The topological polar surface area (TPSA) is 17.3 Å². The summed E-state index contributed by atoms with van der Waals surface area (Å²) in [6.45, 7) is 6.22. The van der Waals surface area contributed by atoms with Crippen LogP contribution in [-0.4, -0.2) is 9.61 Å². The van der Waals surface area contributed by atoms with Crippen LogP contribution in [0.1, 0.15) is 30.9 Å². The lowest BCUT2D eigenvalue weighted by molar-refractivity contribution is 0.625. The first-order chi connectivity index (χ1) is 6.59. The van der Waals surface area contributed by atoms with Crippen LogP contribution in [0.5, 0.6) is 0 Å². The lowest BCUT2D eigenvalue weighted by Crippen LogP contribution is -1.99. The molecule has 0 unspecified atom stereocenters. The number of hydrogen-bond donors (Lipinski definition) is 0. The number of hydrogen-bond acceptors (Lipinski definition) is 1. The summed E-state index contributed by atoms with van der Waals surface area (Å²) in [6, 6.07) is 1.54. The molecule has 3 heteroatoms. The maximum Gasteiger partial charge on any atom is 0.143 e. The van der Waals surface area contributed by atoms with Crippen molar-refractivity contribution in [3.8, 4) is 0 Å². The lowest BCUT2D eigenvalue weighted by Gasteiger charge is -2.10. The van der Waals surface area contributed by atoms with E-state index in [4.69, 9.17) is 0 Å². The predicted molar refractivity (Wildman–Crippen MR) is 54.0 cm³/mol. The van der Waals surface area contributed by atoms with E-state index < -0.39 is 0 Å². The molecule has 2 nitrogen and oxygen atoms in total. The zero-order valence-electron chi connectivity index (χ0n) is 8.58. The summed E-state index contributed by atoms with van der Waals surface area (Å²) in [5.41, 5.74) is 3.16. The first-order valence-electron chi connectivity index (χ1n) is 4.73. The zero-order valence-corrected chi connectivity index (χ0v) is 8.58. The Labute approximate surface area is 82.4 Å². The van der Waals surface area contributed by atoms with Crippen molar-refractivity contribution < 1.29 is 4.39 Å². The molecule has 0 bridgehead atoms. The lowest BCUT2D eigenvalue weighted by atomic mass is 9.99. The Morgan fingerprint density at radius 3 is 2.79 bits per heavy atom. The molecule has 2 heterocycles. The third-order valence-electron chi connectivity index (χ3n) is 2.42. The monoisotopic (exact) mass is 192 g/mol. The van der Waals surface area contributed by atoms with Gasteiger partial charge in [0.15, 0.2) is 0 Å². The quantitative estimate of drug-likeness (QED) is 0.679. The van der Waals surface area contributed by atoms with Crippen molar-refractivity contribution in [3.63, 3.8) is 0 Å². The average molecular weight is 192 g/mol. The maximum atomic E-state index is 13.0. The van der Waals surface area contributed by atoms with Gasteiger partial charge >= 0.3 is 0 Å². The summed E-state index contributed by atoms with van der Waals surface area (Å²) in [7, 11) is 0. The van der Waals surface area contributed by atoms with Gasteiger partial charge in [0.25, 0.3) is 0 Å². The molecule has 0 aliphatic rings. The minimum atomic E-state index is -0.231. The van der Waals surface area contributed by atoms with Crippen LogP contribution < -0.4 is 0 Å². The maximum absolute atomic E-state index is 13.0. The molecular formula is C11H13FN2. The van der Waals surface area contributed by atoms with E-state index in [2.05, 4.69) is 18.9 Å². The van der Waals surface area contributed by atoms with Gasteiger partial charge in [0, 0.05) is 6.07 Å². The summed E-state index contributed by atoms with van der Waals surface area (Å²) in [6.07, 6.45) is 3.18. The normalized spacial score (nSPS) is 11.5. The summed E-state index contributed by atoms with van der Waals surface area (Å²) in [5.74, 6) is 0.153. The first kappa shape index (κ1) is 9.19.